The molecule has 0 radical (unpaired) electrons. The SMILES string of the molecule is CC.CC(C)[C@@H](O)c1ccccc1. The standard InChI is InChI=1S/C10H14O.C2H6/c1-8(2)10(11)9-6-4-3-5-7-9;1-2/h3-8,10-11H,1-2H3;1-2H3/t10-;/m1./s1. The van der Waals surface area contributed by atoms with E-state index in [0.29, 0.717) is 0 Å². The van der Waals surface area contributed by atoms with Crippen LogP contribution in [0, 0.1) is 5.92 Å². The lowest BCUT2D eigenvalue weighted by Gasteiger charge is -2.13. The van der Waals surface area contributed by atoms with Crippen LogP contribution in [0.5, 0.6) is 0 Å². The third-order valence-corrected chi connectivity index (χ3v) is 1.77. The largest absolute Gasteiger partial charge is 0.388 e. The molecule has 0 bridgehead atoms. The summed E-state index contributed by atoms with van der Waals surface area (Å²) in [6.45, 7) is 8.02. The predicted octanol–water partition coefficient (Wildman–Crippen LogP) is 3.40. The second-order valence-corrected chi connectivity index (χ2v) is 3.10. The predicted molar refractivity (Wildman–Crippen MR) is 57.6 cm³/mol. The first kappa shape index (κ1) is 12.2. The normalized spacial score (nSPS) is 11.8. The van der Waals surface area contributed by atoms with Crippen molar-refractivity contribution in [3.63, 3.8) is 0 Å². The first-order valence-corrected chi connectivity index (χ1v) is 4.95. The van der Waals surface area contributed by atoms with E-state index in [1.807, 2.05) is 58.0 Å². The van der Waals surface area contributed by atoms with Gasteiger partial charge in [0.05, 0.1) is 6.10 Å². The highest BCUT2D eigenvalue weighted by Gasteiger charge is 2.09. The molecular formula is C12H20O. The molecule has 1 heteroatoms. The first-order chi connectivity index (χ1) is 6.22. The minimum Gasteiger partial charge on any atom is -0.388 e. The van der Waals surface area contributed by atoms with Crippen LogP contribution in [-0.2, 0) is 0 Å². The lowest BCUT2D eigenvalue weighted by atomic mass is 10.00. The van der Waals surface area contributed by atoms with E-state index in [4.69, 9.17) is 0 Å². The summed E-state index contributed by atoms with van der Waals surface area (Å²) in [5, 5.41) is 9.60. The third-order valence-electron chi connectivity index (χ3n) is 1.77. The molecular weight excluding hydrogens is 160 g/mol. The van der Waals surface area contributed by atoms with Crippen molar-refractivity contribution in [2.24, 2.45) is 5.92 Å². The molecule has 0 saturated carbocycles. The zero-order valence-corrected chi connectivity index (χ0v) is 8.99. The van der Waals surface area contributed by atoms with Gasteiger partial charge in [-0.25, -0.2) is 0 Å². The molecule has 1 aromatic carbocycles. The Morgan fingerprint density at radius 1 is 1.00 bits per heavy atom. The van der Waals surface area contributed by atoms with Crippen molar-refractivity contribution >= 4 is 0 Å². The lowest BCUT2D eigenvalue weighted by molar-refractivity contribution is 0.127. The van der Waals surface area contributed by atoms with E-state index in [0.717, 1.165) is 5.56 Å². The quantitative estimate of drug-likeness (QED) is 0.739. The van der Waals surface area contributed by atoms with Gasteiger partial charge in [-0.3, -0.25) is 0 Å². The van der Waals surface area contributed by atoms with Crippen LogP contribution in [0.2, 0.25) is 0 Å². The smallest absolute Gasteiger partial charge is 0.0812 e. The van der Waals surface area contributed by atoms with Gasteiger partial charge in [0.1, 0.15) is 0 Å². The minimum atomic E-state index is -0.323. The summed E-state index contributed by atoms with van der Waals surface area (Å²) in [7, 11) is 0. The number of aliphatic hydroxyl groups is 1. The van der Waals surface area contributed by atoms with E-state index in [1.54, 1.807) is 0 Å². The van der Waals surface area contributed by atoms with Crippen LogP contribution in [0.4, 0.5) is 0 Å². The van der Waals surface area contributed by atoms with E-state index < -0.39 is 0 Å². The zero-order valence-electron chi connectivity index (χ0n) is 8.99. The van der Waals surface area contributed by atoms with E-state index in [1.165, 1.54) is 0 Å². The molecule has 0 saturated heterocycles. The number of aliphatic hydroxyl groups excluding tert-OH is 1. The van der Waals surface area contributed by atoms with Crippen LogP contribution < -0.4 is 0 Å². The van der Waals surface area contributed by atoms with Crippen LogP contribution >= 0.6 is 0 Å². The molecule has 1 rings (SSSR count). The van der Waals surface area contributed by atoms with Crippen LogP contribution in [0.1, 0.15) is 39.4 Å². The third kappa shape index (κ3) is 4.09. The van der Waals surface area contributed by atoms with E-state index in [-0.39, 0.29) is 12.0 Å². The summed E-state index contributed by atoms with van der Waals surface area (Å²) in [4.78, 5) is 0. The zero-order chi connectivity index (χ0) is 10.3. The summed E-state index contributed by atoms with van der Waals surface area (Å²) in [5.74, 6) is 0.289. The van der Waals surface area contributed by atoms with Gasteiger partial charge in [0, 0.05) is 0 Å². The fourth-order valence-electron chi connectivity index (χ4n) is 1.04. The van der Waals surface area contributed by atoms with E-state index in [9.17, 15) is 5.11 Å². The molecule has 0 unspecified atom stereocenters. The second-order valence-electron chi connectivity index (χ2n) is 3.10. The highest BCUT2D eigenvalue weighted by molar-refractivity contribution is 5.17. The molecule has 0 aliphatic rings. The van der Waals surface area contributed by atoms with Crippen molar-refractivity contribution in [1.82, 2.24) is 0 Å². The summed E-state index contributed by atoms with van der Waals surface area (Å²) in [6, 6.07) is 9.74. The maximum atomic E-state index is 9.60. The van der Waals surface area contributed by atoms with Gasteiger partial charge < -0.3 is 5.11 Å². The number of hydrogen-bond donors (Lipinski definition) is 1. The molecule has 0 amide bonds. The topological polar surface area (TPSA) is 20.2 Å². The van der Waals surface area contributed by atoms with Crippen LogP contribution in [0.3, 0.4) is 0 Å². The average Bonchev–Trinajstić information content (AvgIpc) is 2.21. The first-order valence-electron chi connectivity index (χ1n) is 4.95. The molecule has 0 aliphatic carbocycles. The highest BCUT2D eigenvalue weighted by Crippen LogP contribution is 2.19. The molecule has 74 valence electrons. The minimum absolute atomic E-state index is 0.289. The molecule has 1 nitrogen and oxygen atoms in total. The molecule has 0 heterocycles. The van der Waals surface area contributed by atoms with Crippen molar-refractivity contribution in [1.29, 1.82) is 0 Å². The maximum absolute atomic E-state index is 9.60. The van der Waals surface area contributed by atoms with Gasteiger partial charge in [-0.1, -0.05) is 58.0 Å². The Hall–Kier alpha value is -0.820. The summed E-state index contributed by atoms with van der Waals surface area (Å²) < 4.78 is 0. The van der Waals surface area contributed by atoms with Crippen molar-refractivity contribution in [2.45, 2.75) is 33.8 Å². The number of hydrogen-bond acceptors (Lipinski definition) is 1. The van der Waals surface area contributed by atoms with Crippen molar-refractivity contribution in [3.05, 3.63) is 35.9 Å². The Morgan fingerprint density at radius 3 is 1.85 bits per heavy atom. The summed E-state index contributed by atoms with van der Waals surface area (Å²) in [5.41, 5.74) is 1.00. The van der Waals surface area contributed by atoms with Crippen molar-refractivity contribution < 1.29 is 5.11 Å². The van der Waals surface area contributed by atoms with Crippen LogP contribution in [0.25, 0.3) is 0 Å². The Bertz CT molecular complexity index is 204. The van der Waals surface area contributed by atoms with Gasteiger partial charge in [0.25, 0.3) is 0 Å². The Balaban J connectivity index is 0.000000671. The van der Waals surface area contributed by atoms with Gasteiger partial charge in [0.2, 0.25) is 0 Å². The Kier molecular flexibility index (Phi) is 6.25. The van der Waals surface area contributed by atoms with Crippen molar-refractivity contribution in [3.8, 4) is 0 Å². The highest BCUT2D eigenvalue weighted by atomic mass is 16.3. The van der Waals surface area contributed by atoms with Crippen LogP contribution in [0.15, 0.2) is 30.3 Å². The van der Waals surface area contributed by atoms with E-state index >= 15 is 0 Å². The van der Waals surface area contributed by atoms with Gasteiger partial charge in [-0.2, -0.15) is 0 Å². The fraction of sp³-hybridized carbons (Fsp3) is 0.500. The summed E-state index contributed by atoms with van der Waals surface area (Å²) >= 11 is 0. The molecule has 0 aromatic heterocycles. The molecule has 1 aromatic rings. The van der Waals surface area contributed by atoms with Gasteiger partial charge in [0.15, 0.2) is 0 Å². The van der Waals surface area contributed by atoms with Gasteiger partial charge in [-0.05, 0) is 11.5 Å². The molecule has 1 atom stereocenters. The second kappa shape index (κ2) is 6.67. The average molecular weight is 180 g/mol. The monoisotopic (exact) mass is 180 g/mol. The molecule has 0 aliphatic heterocycles. The Morgan fingerprint density at radius 2 is 1.46 bits per heavy atom. The number of benzene rings is 1. The van der Waals surface area contributed by atoms with Crippen molar-refractivity contribution in [2.75, 3.05) is 0 Å². The lowest BCUT2D eigenvalue weighted by Crippen LogP contribution is -2.04. The molecule has 1 N–H and O–H groups in total. The maximum Gasteiger partial charge on any atom is 0.0812 e. The Labute approximate surface area is 81.4 Å². The fourth-order valence-corrected chi connectivity index (χ4v) is 1.04. The molecule has 13 heavy (non-hydrogen) atoms. The van der Waals surface area contributed by atoms with Gasteiger partial charge in [-0.15, -0.1) is 0 Å². The van der Waals surface area contributed by atoms with Gasteiger partial charge >= 0.3 is 0 Å². The van der Waals surface area contributed by atoms with E-state index in [2.05, 4.69) is 0 Å². The summed E-state index contributed by atoms with van der Waals surface area (Å²) in [6.07, 6.45) is -0.323. The van der Waals surface area contributed by atoms with Crippen LogP contribution in [-0.4, -0.2) is 5.11 Å². The molecule has 0 spiro atoms. The number of rotatable bonds is 2. The molecule has 0 fully saturated rings.